The first-order valence-corrected chi connectivity index (χ1v) is 6.62. The van der Waals surface area contributed by atoms with Crippen LogP contribution in [0, 0.1) is 0 Å². The van der Waals surface area contributed by atoms with E-state index in [0.717, 1.165) is 12.3 Å². The van der Waals surface area contributed by atoms with Crippen LogP contribution in [0.5, 0.6) is 11.5 Å². The van der Waals surface area contributed by atoms with Crippen LogP contribution in [0.2, 0.25) is 0 Å². The van der Waals surface area contributed by atoms with Gasteiger partial charge >= 0.3 is 16.1 Å². The van der Waals surface area contributed by atoms with Crippen LogP contribution in [-0.4, -0.2) is 32.9 Å². The lowest BCUT2D eigenvalue weighted by atomic mass is 10.2. The summed E-state index contributed by atoms with van der Waals surface area (Å²) in [4.78, 5) is 10.4. The Bertz CT molecular complexity index is 573. The Hall–Kier alpha value is -2.02. The van der Waals surface area contributed by atoms with Crippen LogP contribution >= 0.6 is 0 Å². The molecule has 0 aromatic heterocycles. The number of methoxy groups -OCH3 is 1. The summed E-state index contributed by atoms with van der Waals surface area (Å²) in [5, 5.41) is 8.49. The van der Waals surface area contributed by atoms with Crippen molar-refractivity contribution in [2.45, 2.75) is 0 Å². The molecule has 0 aliphatic carbocycles. The fraction of sp³-hybridized carbons (Fsp3) is 0.182. The predicted octanol–water partition coefficient (Wildman–Crippen LogP) is 1.13. The van der Waals surface area contributed by atoms with Gasteiger partial charge < -0.3 is 14.0 Å². The Labute approximate surface area is 105 Å². The van der Waals surface area contributed by atoms with Crippen molar-refractivity contribution in [1.82, 2.24) is 0 Å². The molecule has 0 fully saturated rings. The summed E-state index contributed by atoms with van der Waals surface area (Å²) in [5.41, 5.74) is 0.551. The van der Waals surface area contributed by atoms with Gasteiger partial charge in [0.15, 0.2) is 11.5 Å². The number of aliphatic carboxylic acids is 1. The molecule has 0 amide bonds. The standard InChI is InChI=1S/C11H12O6S/c1-16-10-7-8(4-6-11(12)13)3-5-9(10)17-18(2,14)15/h3-7H,1-2H3,(H,12,13). The van der Waals surface area contributed by atoms with Crippen molar-refractivity contribution in [3.05, 3.63) is 29.8 Å². The summed E-state index contributed by atoms with van der Waals surface area (Å²) in [6.07, 6.45) is 3.24. The largest absolute Gasteiger partial charge is 0.493 e. The van der Waals surface area contributed by atoms with E-state index in [1.54, 1.807) is 0 Å². The van der Waals surface area contributed by atoms with E-state index in [2.05, 4.69) is 0 Å². The fourth-order valence-corrected chi connectivity index (χ4v) is 1.65. The van der Waals surface area contributed by atoms with Crippen LogP contribution in [0.3, 0.4) is 0 Å². The highest BCUT2D eigenvalue weighted by Crippen LogP contribution is 2.29. The molecule has 0 saturated carbocycles. The van der Waals surface area contributed by atoms with Gasteiger partial charge in [-0.25, -0.2) is 4.79 Å². The number of rotatable bonds is 5. The van der Waals surface area contributed by atoms with Crippen LogP contribution in [0.25, 0.3) is 6.08 Å². The lowest BCUT2D eigenvalue weighted by Gasteiger charge is -2.09. The first-order valence-electron chi connectivity index (χ1n) is 4.80. The van der Waals surface area contributed by atoms with E-state index in [-0.39, 0.29) is 11.5 Å². The first-order chi connectivity index (χ1) is 8.31. The summed E-state index contributed by atoms with van der Waals surface area (Å²) in [5.74, 6) is -0.828. The van der Waals surface area contributed by atoms with Crippen LogP contribution in [0.1, 0.15) is 5.56 Å². The van der Waals surface area contributed by atoms with Crippen LogP contribution in [-0.2, 0) is 14.9 Å². The molecular formula is C11H12O6S. The highest BCUT2D eigenvalue weighted by atomic mass is 32.2. The van der Waals surface area contributed by atoms with Crippen LogP contribution in [0.15, 0.2) is 24.3 Å². The van der Waals surface area contributed by atoms with Gasteiger partial charge in [-0.15, -0.1) is 0 Å². The normalized spacial score (nSPS) is 11.4. The van der Waals surface area contributed by atoms with Crippen molar-refractivity contribution in [2.24, 2.45) is 0 Å². The monoisotopic (exact) mass is 272 g/mol. The van der Waals surface area contributed by atoms with Crippen molar-refractivity contribution in [2.75, 3.05) is 13.4 Å². The van der Waals surface area contributed by atoms with Gasteiger partial charge in [0.05, 0.1) is 13.4 Å². The van der Waals surface area contributed by atoms with E-state index in [0.29, 0.717) is 5.56 Å². The molecule has 6 nitrogen and oxygen atoms in total. The maximum absolute atomic E-state index is 11.0. The molecule has 0 bridgehead atoms. The second-order valence-electron chi connectivity index (χ2n) is 3.37. The van der Waals surface area contributed by atoms with Gasteiger partial charge in [0.2, 0.25) is 0 Å². The van der Waals surface area contributed by atoms with Gasteiger partial charge in [-0.1, -0.05) is 6.07 Å². The van der Waals surface area contributed by atoms with Gasteiger partial charge in [-0.05, 0) is 23.8 Å². The third kappa shape index (κ3) is 4.46. The van der Waals surface area contributed by atoms with Gasteiger partial charge in [-0.2, -0.15) is 8.42 Å². The number of ether oxygens (including phenoxy) is 1. The van der Waals surface area contributed by atoms with E-state index in [4.69, 9.17) is 14.0 Å². The van der Waals surface area contributed by atoms with E-state index >= 15 is 0 Å². The molecule has 1 aromatic carbocycles. The predicted molar refractivity (Wildman–Crippen MR) is 65.1 cm³/mol. The Kier molecular flexibility index (Phi) is 4.33. The Balaban J connectivity index is 3.07. The average molecular weight is 272 g/mol. The number of hydrogen-bond acceptors (Lipinski definition) is 5. The average Bonchev–Trinajstić information content (AvgIpc) is 2.25. The van der Waals surface area contributed by atoms with E-state index < -0.39 is 16.1 Å². The minimum absolute atomic E-state index is 0.0486. The van der Waals surface area contributed by atoms with Gasteiger partial charge in [-0.3, -0.25) is 0 Å². The number of carbonyl (C=O) groups is 1. The second kappa shape index (κ2) is 5.54. The quantitative estimate of drug-likeness (QED) is 0.638. The topological polar surface area (TPSA) is 89.9 Å². The molecule has 1 rings (SSSR count). The molecule has 7 heteroatoms. The molecule has 1 aromatic rings. The molecule has 0 aliphatic heterocycles. The Morgan fingerprint density at radius 1 is 1.33 bits per heavy atom. The fourth-order valence-electron chi connectivity index (χ4n) is 1.19. The SMILES string of the molecule is COc1cc(C=CC(=O)O)ccc1OS(C)(=O)=O. The van der Waals surface area contributed by atoms with Gasteiger partial charge in [0.1, 0.15) is 0 Å². The van der Waals surface area contributed by atoms with Crippen molar-refractivity contribution in [3.63, 3.8) is 0 Å². The van der Waals surface area contributed by atoms with Crippen molar-refractivity contribution in [3.8, 4) is 11.5 Å². The highest BCUT2D eigenvalue weighted by Gasteiger charge is 2.10. The van der Waals surface area contributed by atoms with Gasteiger partial charge in [0.25, 0.3) is 0 Å². The number of carboxylic acids is 1. The molecule has 0 heterocycles. The lowest BCUT2D eigenvalue weighted by Crippen LogP contribution is -2.06. The van der Waals surface area contributed by atoms with E-state index in [9.17, 15) is 13.2 Å². The first kappa shape index (κ1) is 14.0. The summed E-state index contributed by atoms with van der Waals surface area (Å²) in [6, 6.07) is 4.38. The van der Waals surface area contributed by atoms with Crippen LogP contribution in [0.4, 0.5) is 0 Å². The zero-order valence-electron chi connectivity index (χ0n) is 9.78. The third-order valence-electron chi connectivity index (χ3n) is 1.85. The smallest absolute Gasteiger partial charge is 0.328 e. The molecule has 0 aliphatic rings. The zero-order chi connectivity index (χ0) is 13.8. The maximum atomic E-state index is 11.0. The molecular weight excluding hydrogens is 260 g/mol. The summed E-state index contributed by atoms with van der Waals surface area (Å²) >= 11 is 0. The molecule has 0 unspecified atom stereocenters. The van der Waals surface area contributed by atoms with E-state index in [1.165, 1.54) is 31.4 Å². The molecule has 0 atom stereocenters. The molecule has 18 heavy (non-hydrogen) atoms. The Morgan fingerprint density at radius 2 is 2.00 bits per heavy atom. The second-order valence-corrected chi connectivity index (χ2v) is 4.94. The number of carboxylic acid groups (broad SMARTS) is 1. The Morgan fingerprint density at radius 3 is 2.50 bits per heavy atom. The lowest BCUT2D eigenvalue weighted by molar-refractivity contribution is -0.131. The number of benzene rings is 1. The van der Waals surface area contributed by atoms with Crippen molar-refractivity contribution >= 4 is 22.2 Å². The summed E-state index contributed by atoms with van der Waals surface area (Å²) in [7, 11) is -2.28. The molecule has 1 N–H and O–H groups in total. The molecule has 0 spiro atoms. The highest BCUT2D eigenvalue weighted by molar-refractivity contribution is 7.86. The minimum atomic E-state index is -3.64. The molecule has 0 saturated heterocycles. The molecule has 98 valence electrons. The van der Waals surface area contributed by atoms with Crippen molar-refractivity contribution < 1.29 is 27.2 Å². The molecule has 0 radical (unpaired) electrons. The summed E-state index contributed by atoms with van der Waals surface area (Å²) in [6.45, 7) is 0. The minimum Gasteiger partial charge on any atom is -0.493 e. The van der Waals surface area contributed by atoms with Gasteiger partial charge in [0, 0.05) is 6.08 Å². The third-order valence-corrected chi connectivity index (χ3v) is 2.33. The van der Waals surface area contributed by atoms with Crippen LogP contribution < -0.4 is 8.92 Å². The zero-order valence-corrected chi connectivity index (χ0v) is 10.6. The maximum Gasteiger partial charge on any atom is 0.328 e. The van der Waals surface area contributed by atoms with E-state index in [1.807, 2.05) is 0 Å². The summed E-state index contributed by atoms with van der Waals surface area (Å²) < 4.78 is 31.7. The number of hydrogen-bond donors (Lipinski definition) is 1. The van der Waals surface area contributed by atoms with Crippen molar-refractivity contribution in [1.29, 1.82) is 0 Å².